The van der Waals surface area contributed by atoms with Gasteiger partial charge in [0.15, 0.2) is 0 Å². The van der Waals surface area contributed by atoms with Gasteiger partial charge >= 0.3 is 5.97 Å². The van der Waals surface area contributed by atoms with Crippen LogP contribution in [0.5, 0.6) is 5.88 Å². The topological polar surface area (TPSA) is 72.3 Å². The van der Waals surface area contributed by atoms with Crippen molar-refractivity contribution in [2.24, 2.45) is 0 Å². The van der Waals surface area contributed by atoms with Crippen LogP contribution in [-0.2, 0) is 11.2 Å². The molecular weight excluding hydrogens is 275 g/mol. The Balaban J connectivity index is 2.26. The number of hydrogen-bond donors (Lipinski definition) is 1. The van der Waals surface area contributed by atoms with E-state index in [4.69, 9.17) is 4.74 Å². The van der Waals surface area contributed by atoms with Crippen LogP contribution in [0, 0.1) is 5.82 Å². The van der Waals surface area contributed by atoms with Gasteiger partial charge in [0.2, 0.25) is 5.88 Å². The first-order valence-electron chi connectivity index (χ1n) is 6.52. The first-order valence-corrected chi connectivity index (χ1v) is 6.52. The van der Waals surface area contributed by atoms with Gasteiger partial charge < -0.3 is 9.84 Å². The summed E-state index contributed by atoms with van der Waals surface area (Å²) in [5.41, 5.74) is 0.878. The molecule has 21 heavy (non-hydrogen) atoms. The molecule has 1 atom stereocenters. The highest BCUT2D eigenvalue weighted by Crippen LogP contribution is 2.21. The Morgan fingerprint density at radius 3 is 2.90 bits per heavy atom. The van der Waals surface area contributed by atoms with Gasteiger partial charge in [0.05, 0.1) is 18.5 Å². The summed E-state index contributed by atoms with van der Waals surface area (Å²) in [6.07, 6.45) is 2.95. The van der Waals surface area contributed by atoms with Crippen LogP contribution in [0.1, 0.15) is 24.1 Å². The van der Waals surface area contributed by atoms with Crippen molar-refractivity contribution in [3.05, 3.63) is 53.7 Å². The number of benzene rings is 1. The van der Waals surface area contributed by atoms with E-state index in [1.807, 2.05) is 0 Å². The Morgan fingerprint density at radius 2 is 2.24 bits per heavy atom. The molecule has 0 saturated carbocycles. The fourth-order valence-corrected chi connectivity index (χ4v) is 1.97. The van der Waals surface area contributed by atoms with E-state index in [1.54, 1.807) is 19.1 Å². The summed E-state index contributed by atoms with van der Waals surface area (Å²) in [5, 5.41) is 9.38. The van der Waals surface area contributed by atoms with E-state index < -0.39 is 17.7 Å². The molecular formula is C15H15FN2O3. The Kier molecular flexibility index (Phi) is 4.81. The van der Waals surface area contributed by atoms with Crippen LogP contribution in [0.4, 0.5) is 4.39 Å². The van der Waals surface area contributed by atoms with Crippen molar-refractivity contribution in [3.8, 4) is 5.88 Å². The number of ether oxygens (including phenoxy) is 1. The molecule has 1 unspecified atom stereocenters. The normalized spacial score (nSPS) is 11.9. The number of aromatic nitrogens is 2. The lowest BCUT2D eigenvalue weighted by atomic mass is 9.96. The fourth-order valence-electron chi connectivity index (χ4n) is 1.97. The van der Waals surface area contributed by atoms with Crippen molar-refractivity contribution in [2.45, 2.75) is 19.3 Å². The molecule has 0 spiro atoms. The molecule has 1 aromatic heterocycles. The van der Waals surface area contributed by atoms with Gasteiger partial charge in [0.25, 0.3) is 0 Å². The molecule has 0 aliphatic heterocycles. The maximum atomic E-state index is 13.2. The molecule has 110 valence electrons. The lowest BCUT2D eigenvalue weighted by molar-refractivity contribution is -0.138. The second kappa shape index (κ2) is 6.78. The molecule has 1 N–H and O–H groups in total. The average Bonchev–Trinajstić information content (AvgIpc) is 2.45. The van der Waals surface area contributed by atoms with Gasteiger partial charge in [0.1, 0.15) is 11.7 Å². The molecule has 0 radical (unpaired) electrons. The molecule has 0 fully saturated rings. The van der Waals surface area contributed by atoms with E-state index in [-0.39, 0.29) is 18.0 Å². The number of carboxylic acids is 1. The summed E-state index contributed by atoms with van der Waals surface area (Å²) in [5.74, 6) is -2.06. The number of carboxylic acid groups (broad SMARTS) is 1. The van der Waals surface area contributed by atoms with E-state index in [0.717, 1.165) is 0 Å². The standard InChI is InChI=1S/C15H15FN2O3/c1-2-21-14-9-17-8-13(18-14)12(15(19)20)7-10-4-3-5-11(16)6-10/h3-6,8-9,12H,2,7H2,1H3,(H,19,20). The fraction of sp³-hybridized carbons (Fsp3) is 0.267. The molecule has 1 aromatic carbocycles. The van der Waals surface area contributed by atoms with Crippen molar-refractivity contribution >= 4 is 5.97 Å². The Labute approximate surface area is 121 Å². The van der Waals surface area contributed by atoms with Crippen LogP contribution in [0.2, 0.25) is 0 Å². The summed E-state index contributed by atoms with van der Waals surface area (Å²) < 4.78 is 18.4. The predicted molar refractivity (Wildman–Crippen MR) is 73.7 cm³/mol. The third-order valence-corrected chi connectivity index (χ3v) is 2.91. The molecule has 2 rings (SSSR count). The third kappa shape index (κ3) is 3.98. The van der Waals surface area contributed by atoms with Gasteiger partial charge in [-0.3, -0.25) is 9.78 Å². The molecule has 0 aliphatic rings. The van der Waals surface area contributed by atoms with Crippen LogP contribution in [-0.4, -0.2) is 27.7 Å². The maximum Gasteiger partial charge on any atom is 0.312 e. The van der Waals surface area contributed by atoms with Crippen molar-refractivity contribution in [1.82, 2.24) is 9.97 Å². The van der Waals surface area contributed by atoms with Crippen LogP contribution >= 0.6 is 0 Å². The van der Waals surface area contributed by atoms with Gasteiger partial charge in [-0.2, -0.15) is 0 Å². The van der Waals surface area contributed by atoms with Gasteiger partial charge in [-0.15, -0.1) is 0 Å². The summed E-state index contributed by atoms with van der Waals surface area (Å²) in [4.78, 5) is 19.5. The Morgan fingerprint density at radius 1 is 1.43 bits per heavy atom. The Bertz CT molecular complexity index is 634. The van der Waals surface area contributed by atoms with Crippen molar-refractivity contribution in [1.29, 1.82) is 0 Å². The van der Waals surface area contributed by atoms with Crippen molar-refractivity contribution < 1.29 is 19.0 Å². The minimum Gasteiger partial charge on any atom is -0.481 e. The summed E-state index contributed by atoms with van der Waals surface area (Å²) in [6, 6.07) is 5.86. The number of rotatable bonds is 6. The quantitative estimate of drug-likeness (QED) is 0.884. The highest BCUT2D eigenvalue weighted by Gasteiger charge is 2.23. The van der Waals surface area contributed by atoms with Crippen LogP contribution < -0.4 is 4.74 Å². The van der Waals surface area contributed by atoms with Crippen LogP contribution in [0.25, 0.3) is 0 Å². The third-order valence-electron chi connectivity index (χ3n) is 2.91. The van der Waals surface area contributed by atoms with E-state index >= 15 is 0 Å². The number of nitrogens with zero attached hydrogens (tertiary/aromatic N) is 2. The molecule has 2 aromatic rings. The summed E-state index contributed by atoms with van der Waals surface area (Å²) >= 11 is 0. The smallest absolute Gasteiger partial charge is 0.312 e. The minimum absolute atomic E-state index is 0.136. The molecule has 1 heterocycles. The second-order valence-electron chi connectivity index (χ2n) is 4.44. The highest BCUT2D eigenvalue weighted by atomic mass is 19.1. The molecule has 5 nitrogen and oxygen atoms in total. The average molecular weight is 290 g/mol. The zero-order valence-corrected chi connectivity index (χ0v) is 11.5. The van der Waals surface area contributed by atoms with Gasteiger partial charge in [-0.25, -0.2) is 9.37 Å². The number of halogens is 1. The molecule has 0 aliphatic carbocycles. The summed E-state index contributed by atoms with van der Waals surface area (Å²) in [6.45, 7) is 2.22. The van der Waals surface area contributed by atoms with E-state index in [9.17, 15) is 14.3 Å². The zero-order chi connectivity index (χ0) is 15.2. The molecule has 0 saturated heterocycles. The minimum atomic E-state index is -1.04. The maximum absolute atomic E-state index is 13.2. The van der Waals surface area contributed by atoms with Crippen molar-refractivity contribution in [3.63, 3.8) is 0 Å². The summed E-state index contributed by atoms with van der Waals surface area (Å²) in [7, 11) is 0. The monoisotopic (exact) mass is 290 g/mol. The van der Waals surface area contributed by atoms with E-state index in [2.05, 4.69) is 9.97 Å². The molecule has 6 heteroatoms. The first kappa shape index (κ1) is 14.9. The van der Waals surface area contributed by atoms with E-state index in [0.29, 0.717) is 12.2 Å². The zero-order valence-electron chi connectivity index (χ0n) is 11.5. The number of hydrogen-bond acceptors (Lipinski definition) is 4. The number of aliphatic carboxylic acids is 1. The first-order chi connectivity index (χ1) is 10.1. The molecule has 0 amide bonds. The highest BCUT2D eigenvalue weighted by molar-refractivity contribution is 5.75. The van der Waals surface area contributed by atoms with Crippen LogP contribution in [0.15, 0.2) is 36.7 Å². The number of carbonyl (C=O) groups is 1. The lowest BCUT2D eigenvalue weighted by Crippen LogP contribution is -2.16. The van der Waals surface area contributed by atoms with Gasteiger partial charge in [0, 0.05) is 6.20 Å². The Hall–Kier alpha value is -2.50. The second-order valence-corrected chi connectivity index (χ2v) is 4.44. The van der Waals surface area contributed by atoms with Gasteiger partial charge in [-0.05, 0) is 31.0 Å². The largest absolute Gasteiger partial charge is 0.481 e. The van der Waals surface area contributed by atoms with Gasteiger partial charge in [-0.1, -0.05) is 12.1 Å². The SMILES string of the molecule is CCOc1cncc(C(Cc2cccc(F)c2)C(=O)O)n1. The van der Waals surface area contributed by atoms with Crippen molar-refractivity contribution in [2.75, 3.05) is 6.61 Å². The predicted octanol–water partition coefficient (Wildman–Crippen LogP) is 2.43. The van der Waals surface area contributed by atoms with E-state index in [1.165, 1.54) is 24.5 Å². The molecule has 0 bridgehead atoms. The van der Waals surface area contributed by atoms with Crippen LogP contribution in [0.3, 0.4) is 0 Å². The lowest BCUT2D eigenvalue weighted by Gasteiger charge is -2.12.